The molecule has 0 saturated heterocycles. The van der Waals surface area contributed by atoms with Gasteiger partial charge in [0.25, 0.3) is 18.3 Å². The Labute approximate surface area is 118 Å². The molecule has 0 aliphatic rings. The van der Waals surface area contributed by atoms with Crippen LogP contribution in [0.15, 0.2) is 17.1 Å². The van der Waals surface area contributed by atoms with Crippen LogP contribution >= 0.6 is 0 Å². The van der Waals surface area contributed by atoms with Gasteiger partial charge in [0, 0.05) is 6.07 Å². The van der Waals surface area contributed by atoms with Crippen molar-refractivity contribution in [1.29, 1.82) is 0 Å². The van der Waals surface area contributed by atoms with Crippen molar-refractivity contribution in [3.8, 4) is 5.75 Å². The molecule has 9 heteroatoms. The Morgan fingerprint density at radius 2 is 2.00 bits per heavy atom. The molecule has 1 aromatic heterocycles. The number of aromatic nitrogens is 2. The van der Waals surface area contributed by atoms with Crippen LogP contribution in [0.5, 0.6) is 5.75 Å². The number of esters is 1. The fourth-order valence-electron chi connectivity index (χ4n) is 1.29. The van der Waals surface area contributed by atoms with E-state index in [0.29, 0.717) is 0 Å². The fraction of sp³-hybridized carbons (Fsp3) is 0.583. The van der Waals surface area contributed by atoms with Crippen LogP contribution < -0.4 is 10.3 Å². The Hall–Kier alpha value is -2.06. The van der Waals surface area contributed by atoms with E-state index in [4.69, 9.17) is 9.47 Å². The van der Waals surface area contributed by atoms with Crippen LogP contribution in [-0.4, -0.2) is 34.4 Å². The average molecular weight is 308 g/mol. The molecule has 0 bridgehead atoms. The van der Waals surface area contributed by atoms with Gasteiger partial charge in [-0.3, -0.25) is 4.79 Å². The van der Waals surface area contributed by atoms with Gasteiger partial charge in [-0.15, -0.1) is 0 Å². The molecule has 0 aromatic carbocycles. The van der Waals surface area contributed by atoms with Gasteiger partial charge in [-0.05, 0) is 20.8 Å². The van der Waals surface area contributed by atoms with Crippen molar-refractivity contribution < 1.29 is 27.4 Å². The normalized spacial score (nSPS) is 13.1. The van der Waals surface area contributed by atoms with E-state index in [2.05, 4.69) is 5.10 Å². The summed E-state index contributed by atoms with van der Waals surface area (Å²) in [5.41, 5.74) is -1.80. The molecule has 0 amide bonds. The molecule has 0 N–H and O–H groups in total. The zero-order valence-electron chi connectivity index (χ0n) is 11.7. The number of hydrogen-bond donors (Lipinski definition) is 0. The minimum absolute atomic E-state index is 0.00893. The highest BCUT2D eigenvalue weighted by atomic mass is 19.3. The van der Waals surface area contributed by atoms with Gasteiger partial charge in [0.1, 0.15) is 11.4 Å². The highest BCUT2D eigenvalue weighted by Gasteiger charge is 2.23. The SMILES string of the molecule is CC(C)(C)OC(=O)COc1cnn(C(F)C(F)F)c(=O)c1. The zero-order chi connectivity index (χ0) is 16.2. The van der Waals surface area contributed by atoms with Crippen LogP contribution in [0.25, 0.3) is 0 Å². The van der Waals surface area contributed by atoms with Crippen molar-refractivity contribution in [1.82, 2.24) is 9.78 Å². The molecule has 0 spiro atoms. The molecule has 1 atom stereocenters. The number of hydrogen-bond acceptors (Lipinski definition) is 5. The maximum Gasteiger partial charge on any atom is 0.344 e. The van der Waals surface area contributed by atoms with Gasteiger partial charge in [0.2, 0.25) is 0 Å². The molecule has 0 saturated carbocycles. The Morgan fingerprint density at radius 1 is 1.38 bits per heavy atom. The van der Waals surface area contributed by atoms with E-state index in [0.717, 1.165) is 12.3 Å². The number of nitrogens with zero attached hydrogens (tertiary/aromatic N) is 2. The number of alkyl halides is 3. The Kier molecular flexibility index (Phi) is 5.34. The highest BCUT2D eigenvalue weighted by Crippen LogP contribution is 2.15. The lowest BCUT2D eigenvalue weighted by atomic mass is 10.2. The monoisotopic (exact) mass is 308 g/mol. The maximum atomic E-state index is 13.0. The summed E-state index contributed by atoms with van der Waals surface area (Å²) in [7, 11) is 0. The summed E-state index contributed by atoms with van der Waals surface area (Å²) >= 11 is 0. The minimum atomic E-state index is -3.37. The fourth-order valence-corrected chi connectivity index (χ4v) is 1.29. The third-order valence-electron chi connectivity index (χ3n) is 2.02. The Bertz CT molecular complexity index is 554. The van der Waals surface area contributed by atoms with E-state index in [1.54, 1.807) is 20.8 Å². The number of carbonyl (C=O) groups is 1. The lowest BCUT2D eigenvalue weighted by Crippen LogP contribution is -2.29. The number of carbonyl (C=O) groups excluding carboxylic acids is 1. The maximum absolute atomic E-state index is 13.0. The molecule has 6 nitrogen and oxygen atoms in total. The zero-order valence-corrected chi connectivity index (χ0v) is 11.7. The van der Waals surface area contributed by atoms with Crippen molar-refractivity contribution in [2.45, 2.75) is 39.1 Å². The largest absolute Gasteiger partial charge is 0.480 e. The van der Waals surface area contributed by atoms with Crippen LogP contribution in [-0.2, 0) is 9.53 Å². The molecule has 1 rings (SSSR count). The van der Waals surface area contributed by atoms with E-state index >= 15 is 0 Å². The van der Waals surface area contributed by atoms with E-state index in [1.807, 2.05) is 0 Å². The first kappa shape index (κ1) is 17.0. The number of halogens is 3. The molecular weight excluding hydrogens is 293 g/mol. The summed E-state index contributed by atoms with van der Waals surface area (Å²) in [5.74, 6) is -0.828. The van der Waals surface area contributed by atoms with Crippen LogP contribution in [0.3, 0.4) is 0 Å². The first-order valence-corrected chi connectivity index (χ1v) is 5.96. The predicted octanol–water partition coefficient (Wildman–Crippen LogP) is 1.70. The lowest BCUT2D eigenvalue weighted by Gasteiger charge is -2.19. The quantitative estimate of drug-likeness (QED) is 0.774. The molecule has 1 unspecified atom stereocenters. The van der Waals surface area contributed by atoms with Crippen LogP contribution in [0.2, 0.25) is 0 Å². The topological polar surface area (TPSA) is 70.4 Å². The second-order valence-electron chi connectivity index (χ2n) is 5.06. The molecule has 118 valence electrons. The Morgan fingerprint density at radius 3 is 2.48 bits per heavy atom. The summed E-state index contributed by atoms with van der Waals surface area (Å²) in [6.07, 6.45) is -5.35. The molecule has 0 aliphatic carbocycles. The molecule has 1 heterocycles. The Balaban J connectivity index is 2.69. The van der Waals surface area contributed by atoms with Crippen molar-refractivity contribution >= 4 is 5.97 Å². The van der Waals surface area contributed by atoms with E-state index in [1.165, 1.54) is 0 Å². The highest BCUT2D eigenvalue weighted by molar-refractivity contribution is 5.71. The van der Waals surface area contributed by atoms with Crippen molar-refractivity contribution in [2.75, 3.05) is 6.61 Å². The second-order valence-corrected chi connectivity index (χ2v) is 5.06. The second kappa shape index (κ2) is 6.59. The molecule has 0 fully saturated rings. The summed E-state index contributed by atoms with van der Waals surface area (Å²) in [6.45, 7) is 4.51. The van der Waals surface area contributed by atoms with Crippen LogP contribution in [0, 0.1) is 0 Å². The van der Waals surface area contributed by atoms with E-state index in [-0.39, 0.29) is 10.4 Å². The summed E-state index contributed by atoms with van der Waals surface area (Å²) in [6, 6.07) is 0.756. The number of rotatable bonds is 5. The smallest absolute Gasteiger partial charge is 0.344 e. The van der Waals surface area contributed by atoms with E-state index in [9.17, 15) is 22.8 Å². The van der Waals surface area contributed by atoms with Gasteiger partial charge in [0.15, 0.2) is 6.61 Å². The van der Waals surface area contributed by atoms with Crippen molar-refractivity contribution in [3.63, 3.8) is 0 Å². The van der Waals surface area contributed by atoms with Gasteiger partial charge in [-0.2, -0.15) is 9.78 Å². The lowest BCUT2D eigenvalue weighted by molar-refractivity contribution is -0.157. The van der Waals surface area contributed by atoms with Crippen LogP contribution in [0.4, 0.5) is 13.2 Å². The van der Waals surface area contributed by atoms with Crippen molar-refractivity contribution in [3.05, 3.63) is 22.6 Å². The summed E-state index contributed by atoms with van der Waals surface area (Å²) in [4.78, 5) is 22.8. The van der Waals surface area contributed by atoms with E-state index < -0.39 is 36.5 Å². The third kappa shape index (κ3) is 5.44. The minimum Gasteiger partial charge on any atom is -0.480 e. The molecule has 1 aromatic rings. The van der Waals surface area contributed by atoms with Crippen LogP contribution in [0.1, 0.15) is 27.1 Å². The molecule has 0 aliphatic heterocycles. The van der Waals surface area contributed by atoms with Crippen molar-refractivity contribution in [2.24, 2.45) is 0 Å². The third-order valence-corrected chi connectivity index (χ3v) is 2.02. The first-order chi connectivity index (χ1) is 9.60. The van der Waals surface area contributed by atoms with Gasteiger partial charge < -0.3 is 9.47 Å². The number of ether oxygens (including phenoxy) is 2. The molecular formula is C12H15F3N2O4. The summed E-state index contributed by atoms with van der Waals surface area (Å²) < 4.78 is 47.1. The summed E-state index contributed by atoms with van der Waals surface area (Å²) in [5, 5.41) is 3.22. The van der Waals surface area contributed by atoms with Gasteiger partial charge in [0.05, 0.1) is 6.20 Å². The molecule has 0 radical (unpaired) electrons. The van der Waals surface area contributed by atoms with Gasteiger partial charge in [-0.25, -0.2) is 18.0 Å². The average Bonchev–Trinajstić information content (AvgIpc) is 2.33. The van der Waals surface area contributed by atoms with Gasteiger partial charge >= 0.3 is 5.97 Å². The van der Waals surface area contributed by atoms with Gasteiger partial charge in [-0.1, -0.05) is 0 Å². The standard InChI is InChI=1S/C12H15F3N2O4/c1-12(2,3)21-9(19)6-20-7-4-8(18)17(16-5-7)11(15)10(13)14/h4-5,10-11H,6H2,1-3H3. The predicted molar refractivity (Wildman–Crippen MR) is 66.0 cm³/mol. The molecule has 21 heavy (non-hydrogen) atoms. The first-order valence-electron chi connectivity index (χ1n) is 5.96.